The number of rotatable bonds is 3. The van der Waals surface area contributed by atoms with Crippen molar-refractivity contribution in [3.8, 4) is 0 Å². The van der Waals surface area contributed by atoms with Crippen molar-refractivity contribution in [1.29, 1.82) is 0 Å². The number of amides is 2. The van der Waals surface area contributed by atoms with Crippen LogP contribution in [0.3, 0.4) is 0 Å². The van der Waals surface area contributed by atoms with Crippen LogP contribution in [0, 0.1) is 0 Å². The number of ether oxygens (including phenoxy) is 1. The highest BCUT2D eigenvalue weighted by Crippen LogP contribution is 2.38. The number of benzene rings is 2. The molecule has 1 saturated heterocycles. The number of carbonyl (C=O) groups is 2. The van der Waals surface area contributed by atoms with E-state index in [1.54, 1.807) is 6.92 Å². The Morgan fingerprint density at radius 1 is 0.900 bits per heavy atom. The van der Waals surface area contributed by atoms with Gasteiger partial charge in [0, 0.05) is 13.1 Å². The van der Waals surface area contributed by atoms with Crippen molar-refractivity contribution in [1.82, 2.24) is 10.2 Å². The summed E-state index contributed by atoms with van der Waals surface area (Å²) in [6.07, 6.45) is 3.26. The third kappa shape index (κ3) is 4.25. The van der Waals surface area contributed by atoms with E-state index in [-0.39, 0.29) is 12.5 Å². The third-order valence-electron chi connectivity index (χ3n) is 5.97. The van der Waals surface area contributed by atoms with Gasteiger partial charge in [-0.05, 0) is 60.4 Å². The van der Waals surface area contributed by atoms with E-state index in [0.717, 1.165) is 25.7 Å². The first-order valence-electron chi connectivity index (χ1n) is 10.7. The second-order valence-corrected chi connectivity index (χ2v) is 7.75. The Hall–Kier alpha value is -3.08. The van der Waals surface area contributed by atoms with Crippen molar-refractivity contribution < 1.29 is 14.3 Å². The molecule has 1 aliphatic carbocycles. The van der Waals surface area contributed by atoms with E-state index in [0.29, 0.717) is 19.7 Å². The van der Waals surface area contributed by atoms with Gasteiger partial charge in [-0.15, -0.1) is 0 Å². The molecule has 1 aliphatic heterocycles. The molecule has 4 rings (SSSR count). The van der Waals surface area contributed by atoms with Crippen LogP contribution >= 0.6 is 0 Å². The first kappa shape index (κ1) is 20.2. The topological polar surface area (TPSA) is 58.6 Å². The molecular formula is C25H28N2O3. The molecule has 0 atom stereocenters. The van der Waals surface area contributed by atoms with Crippen LogP contribution in [0.1, 0.15) is 42.0 Å². The fourth-order valence-corrected chi connectivity index (χ4v) is 4.48. The Morgan fingerprint density at radius 3 is 2.03 bits per heavy atom. The lowest BCUT2D eigenvalue weighted by molar-refractivity contribution is -0.130. The Bertz CT molecular complexity index is 920. The predicted molar refractivity (Wildman–Crippen MR) is 117 cm³/mol. The summed E-state index contributed by atoms with van der Waals surface area (Å²) in [6.45, 7) is 3.36. The minimum absolute atomic E-state index is 0.0175. The van der Waals surface area contributed by atoms with Crippen LogP contribution < -0.4 is 5.32 Å². The van der Waals surface area contributed by atoms with Gasteiger partial charge in [0.05, 0.1) is 6.61 Å². The minimum atomic E-state index is -0.544. The van der Waals surface area contributed by atoms with Gasteiger partial charge in [-0.3, -0.25) is 4.79 Å². The summed E-state index contributed by atoms with van der Waals surface area (Å²) in [4.78, 5) is 25.8. The van der Waals surface area contributed by atoms with Crippen molar-refractivity contribution in [2.24, 2.45) is 0 Å². The van der Waals surface area contributed by atoms with Gasteiger partial charge in [0.25, 0.3) is 0 Å². The van der Waals surface area contributed by atoms with E-state index < -0.39 is 6.09 Å². The van der Waals surface area contributed by atoms with E-state index in [4.69, 9.17) is 4.74 Å². The molecule has 30 heavy (non-hydrogen) atoms. The highest BCUT2D eigenvalue weighted by atomic mass is 16.5. The molecule has 1 heterocycles. The number of fused-ring (bicyclic) bond motifs is 2. The largest absolute Gasteiger partial charge is 0.450 e. The molecule has 0 aromatic heterocycles. The van der Waals surface area contributed by atoms with Crippen molar-refractivity contribution in [2.75, 3.05) is 26.2 Å². The first-order valence-corrected chi connectivity index (χ1v) is 10.7. The lowest BCUT2D eigenvalue weighted by Crippen LogP contribution is -2.43. The van der Waals surface area contributed by atoms with Gasteiger partial charge in [0.15, 0.2) is 0 Å². The summed E-state index contributed by atoms with van der Waals surface area (Å²) in [5.41, 5.74) is 8.23. The maximum atomic E-state index is 12.5. The number of nitrogens with zero attached hydrogens (tertiary/aromatic N) is 1. The van der Waals surface area contributed by atoms with Crippen LogP contribution in [0.4, 0.5) is 4.79 Å². The average Bonchev–Trinajstić information content (AvgIpc) is 2.95. The van der Waals surface area contributed by atoms with Gasteiger partial charge in [0.1, 0.15) is 6.54 Å². The number of carbonyl (C=O) groups excluding carboxylic acids is 2. The van der Waals surface area contributed by atoms with Gasteiger partial charge in [-0.2, -0.15) is 0 Å². The number of likely N-dealkylation sites (tertiary alicyclic amines) is 1. The van der Waals surface area contributed by atoms with Gasteiger partial charge >= 0.3 is 6.09 Å². The molecule has 2 aromatic rings. The maximum Gasteiger partial charge on any atom is 0.407 e. The average molecular weight is 405 g/mol. The third-order valence-corrected chi connectivity index (χ3v) is 5.97. The molecule has 0 radical (unpaired) electrons. The normalized spacial score (nSPS) is 15.7. The predicted octanol–water partition coefficient (Wildman–Crippen LogP) is 3.96. The van der Waals surface area contributed by atoms with Crippen LogP contribution in [0.15, 0.2) is 54.1 Å². The molecule has 156 valence electrons. The zero-order valence-corrected chi connectivity index (χ0v) is 17.4. The van der Waals surface area contributed by atoms with Crippen molar-refractivity contribution >= 4 is 17.6 Å². The summed E-state index contributed by atoms with van der Waals surface area (Å²) >= 11 is 0. The van der Waals surface area contributed by atoms with E-state index in [1.807, 2.05) is 4.90 Å². The lowest BCUT2D eigenvalue weighted by atomic mass is 9.86. The Kier molecular flexibility index (Phi) is 6.17. The minimum Gasteiger partial charge on any atom is -0.450 e. The van der Waals surface area contributed by atoms with Crippen LogP contribution in [-0.2, 0) is 22.4 Å². The number of aryl methyl sites for hydroxylation is 2. The lowest BCUT2D eigenvalue weighted by Gasteiger charge is -2.30. The molecular weight excluding hydrogens is 376 g/mol. The second kappa shape index (κ2) is 9.16. The smallest absolute Gasteiger partial charge is 0.407 e. The number of piperidine rings is 1. The SMILES string of the molecule is CCOC(=O)NCC(=O)N1CCC(=C2c3ccccc3CCc3ccccc32)CC1. The van der Waals surface area contributed by atoms with E-state index >= 15 is 0 Å². The maximum absolute atomic E-state index is 12.5. The molecule has 0 unspecified atom stereocenters. The first-order chi connectivity index (χ1) is 14.7. The Balaban J connectivity index is 1.55. The number of nitrogens with one attached hydrogen (secondary N) is 1. The Morgan fingerprint density at radius 2 is 1.47 bits per heavy atom. The molecule has 1 N–H and O–H groups in total. The van der Waals surface area contributed by atoms with Gasteiger partial charge in [-0.1, -0.05) is 54.1 Å². The summed E-state index contributed by atoms with van der Waals surface area (Å²) in [5.74, 6) is -0.0613. The fourth-order valence-electron chi connectivity index (χ4n) is 4.48. The zero-order chi connectivity index (χ0) is 20.9. The molecule has 2 aliphatic rings. The number of alkyl carbamates (subject to hydrolysis) is 1. The molecule has 0 spiro atoms. The number of hydrogen-bond donors (Lipinski definition) is 1. The van der Waals surface area contributed by atoms with Crippen molar-refractivity contribution in [3.05, 3.63) is 76.4 Å². The van der Waals surface area contributed by atoms with Crippen molar-refractivity contribution in [2.45, 2.75) is 32.6 Å². The second-order valence-electron chi connectivity index (χ2n) is 7.75. The Labute approximate surface area is 177 Å². The highest BCUT2D eigenvalue weighted by molar-refractivity contribution is 5.87. The molecule has 5 heteroatoms. The zero-order valence-electron chi connectivity index (χ0n) is 17.4. The summed E-state index contributed by atoms with van der Waals surface area (Å²) in [6, 6.07) is 17.4. The fraction of sp³-hybridized carbons (Fsp3) is 0.360. The summed E-state index contributed by atoms with van der Waals surface area (Å²) in [7, 11) is 0. The monoisotopic (exact) mass is 404 g/mol. The van der Waals surface area contributed by atoms with Crippen LogP contribution in [0.5, 0.6) is 0 Å². The van der Waals surface area contributed by atoms with Gasteiger partial charge in [-0.25, -0.2) is 4.79 Å². The van der Waals surface area contributed by atoms with E-state index in [2.05, 4.69) is 53.8 Å². The molecule has 5 nitrogen and oxygen atoms in total. The van der Waals surface area contributed by atoms with E-state index in [9.17, 15) is 9.59 Å². The highest BCUT2D eigenvalue weighted by Gasteiger charge is 2.25. The van der Waals surface area contributed by atoms with Crippen LogP contribution in [0.25, 0.3) is 5.57 Å². The van der Waals surface area contributed by atoms with Crippen LogP contribution in [-0.4, -0.2) is 43.1 Å². The van der Waals surface area contributed by atoms with Crippen LogP contribution in [0.2, 0.25) is 0 Å². The summed E-state index contributed by atoms with van der Waals surface area (Å²) < 4.78 is 4.83. The number of hydrogen-bond acceptors (Lipinski definition) is 3. The standard InChI is InChI=1S/C25H28N2O3/c1-2-30-25(29)26-17-23(28)27-15-13-20(14-16-27)24-21-9-5-3-7-18(21)11-12-19-8-4-6-10-22(19)24/h3-10H,2,11-17H2,1H3,(H,26,29). The molecule has 0 bridgehead atoms. The van der Waals surface area contributed by atoms with E-state index in [1.165, 1.54) is 33.4 Å². The summed E-state index contributed by atoms with van der Waals surface area (Å²) in [5, 5.41) is 2.53. The molecule has 2 aromatic carbocycles. The van der Waals surface area contributed by atoms with Crippen molar-refractivity contribution in [3.63, 3.8) is 0 Å². The molecule has 1 fully saturated rings. The molecule has 2 amide bonds. The quantitative estimate of drug-likeness (QED) is 0.843. The molecule has 0 saturated carbocycles. The van der Waals surface area contributed by atoms with Gasteiger partial charge in [0.2, 0.25) is 5.91 Å². The van der Waals surface area contributed by atoms with Gasteiger partial charge < -0.3 is 15.0 Å².